The number of carbonyl (C=O) groups excluding carboxylic acids is 1. The number of hydrogen-bond donors (Lipinski definition) is 1. The Bertz CT molecular complexity index is 426. The monoisotopic (exact) mass is 281 g/mol. The molecule has 0 radical (unpaired) electrons. The topological polar surface area (TPSA) is 40.5 Å². The Balaban J connectivity index is 2.93. The summed E-state index contributed by atoms with van der Waals surface area (Å²) in [5, 5.41) is 9.02. The van der Waals surface area contributed by atoms with Crippen molar-refractivity contribution < 1.29 is 9.90 Å². The van der Waals surface area contributed by atoms with Crippen LogP contribution in [0.3, 0.4) is 0 Å². The molecular formula is C15H23NO2S. The molecule has 0 aliphatic carbocycles. The fourth-order valence-corrected chi connectivity index (χ4v) is 3.34. The molecule has 0 unspecified atom stereocenters. The molecule has 0 fully saturated rings. The molecule has 0 aromatic carbocycles. The lowest BCUT2D eigenvalue weighted by atomic mass is 10.1. The molecule has 19 heavy (non-hydrogen) atoms. The van der Waals surface area contributed by atoms with Crippen LogP contribution in [0.25, 0.3) is 0 Å². The Hall–Kier alpha value is -1.13. The van der Waals surface area contributed by atoms with Gasteiger partial charge in [-0.05, 0) is 24.5 Å². The van der Waals surface area contributed by atoms with Crippen LogP contribution < -0.4 is 0 Å². The maximum Gasteiger partial charge on any atom is 0.264 e. The summed E-state index contributed by atoms with van der Waals surface area (Å²) in [5.74, 6) is -0.00370. The smallest absolute Gasteiger partial charge is 0.264 e. The number of amides is 1. The van der Waals surface area contributed by atoms with Gasteiger partial charge in [0.25, 0.3) is 5.91 Å². The van der Waals surface area contributed by atoms with Crippen LogP contribution in [0.5, 0.6) is 0 Å². The molecule has 0 bridgehead atoms. The highest BCUT2D eigenvalue weighted by atomic mass is 32.1. The fourth-order valence-electron chi connectivity index (χ4n) is 2.02. The zero-order valence-corrected chi connectivity index (χ0v) is 12.6. The normalized spacial score (nSPS) is 10.5. The highest BCUT2D eigenvalue weighted by Crippen LogP contribution is 2.25. The average Bonchev–Trinajstić information content (AvgIpc) is 2.81. The van der Waals surface area contributed by atoms with E-state index in [1.54, 1.807) is 22.3 Å². The van der Waals surface area contributed by atoms with Crippen LogP contribution >= 0.6 is 11.3 Å². The highest BCUT2D eigenvalue weighted by Gasteiger charge is 2.18. The summed E-state index contributed by atoms with van der Waals surface area (Å²) < 4.78 is 0. The molecule has 1 aromatic heterocycles. The first-order valence-electron chi connectivity index (χ1n) is 6.80. The van der Waals surface area contributed by atoms with E-state index in [0.29, 0.717) is 13.1 Å². The summed E-state index contributed by atoms with van der Waals surface area (Å²) >= 11 is 1.59. The molecule has 1 amide bonds. The molecule has 0 atom stereocenters. The zero-order chi connectivity index (χ0) is 14.3. The summed E-state index contributed by atoms with van der Waals surface area (Å²) in [7, 11) is 0. The average molecular weight is 281 g/mol. The number of rotatable bonds is 8. The van der Waals surface area contributed by atoms with Gasteiger partial charge >= 0.3 is 0 Å². The lowest BCUT2D eigenvalue weighted by Crippen LogP contribution is -2.33. The largest absolute Gasteiger partial charge is 0.395 e. The van der Waals surface area contributed by atoms with Gasteiger partial charge in [0, 0.05) is 18.0 Å². The SMILES string of the molecule is C=CCN(CCO)C(=O)c1cc(CC)c(CCC)s1. The molecule has 4 heteroatoms. The van der Waals surface area contributed by atoms with E-state index in [0.717, 1.165) is 24.1 Å². The number of aliphatic hydroxyl groups excluding tert-OH is 1. The molecular weight excluding hydrogens is 258 g/mol. The molecule has 3 nitrogen and oxygen atoms in total. The highest BCUT2D eigenvalue weighted by molar-refractivity contribution is 7.14. The van der Waals surface area contributed by atoms with Crippen molar-refractivity contribution >= 4 is 17.2 Å². The third-order valence-corrected chi connectivity index (χ3v) is 4.20. The minimum Gasteiger partial charge on any atom is -0.395 e. The Morgan fingerprint density at radius 3 is 2.79 bits per heavy atom. The Labute approximate surface area is 119 Å². The van der Waals surface area contributed by atoms with Gasteiger partial charge in [0.2, 0.25) is 0 Å². The van der Waals surface area contributed by atoms with Crippen LogP contribution in [0.2, 0.25) is 0 Å². The molecule has 0 spiro atoms. The predicted octanol–water partition coefficient (Wildman–Crippen LogP) is 2.88. The van der Waals surface area contributed by atoms with E-state index in [4.69, 9.17) is 5.11 Å². The number of nitrogens with zero attached hydrogens (tertiary/aromatic N) is 1. The standard InChI is InChI=1S/C15H23NO2S/c1-4-7-13-12(6-3)11-14(19-13)15(18)16(8-5-2)9-10-17/h5,11,17H,2,4,6-10H2,1,3H3. The van der Waals surface area contributed by atoms with E-state index in [9.17, 15) is 4.79 Å². The Morgan fingerprint density at radius 2 is 2.26 bits per heavy atom. The maximum absolute atomic E-state index is 12.4. The van der Waals surface area contributed by atoms with Crippen molar-refractivity contribution in [2.75, 3.05) is 19.7 Å². The summed E-state index contributed by atoms with van der Waals surface area (Å²) in [6.07, 6.45) is 4.77. The first-order chi connectivity index (χ1) is 9.17. The van der Waals surface area contributed by atoms with Crippen LogP contribution in [-0.4, -0.2) is 35.6 Å². The predicted molar refractivity (Wildman–Crippen MR) is 80.9 cm³/mol. The van der Waals surface area contributed by atoms with Gasteiger partial charge in [0.1, 0.15) is 0 Å². The van der Waals surface area contributed by atoms with Crippen LogP contribution in [-0.2, 0) is 12.8 Å². The van der Waals surface area contributed by atoms with Crippen LogP contribution in [0.1, 0.15) is 40.4 Å². The van der Waals surface area contributed by atoms with Crippen molar-refractivity contribution in [1.29, 1.82) is 0 Å². The van der Waals surface area contributed by atoms with Gasteiger partial charge in [-0.1, -0.05) is 26.3 Å². The molecule has 1 N–H and O–H groups in total. The van der Waals surface area contributed by atoms with E-state index >= 15 is 0 Å². The minimum atomic E-state index is -0.0204. The van der Waals surface area contributed by atoms with E-state index in [1.165, 1.54) is 10.4 Å². The number of thiophene rings is 1. The first-order valence-corrected chi connectivity index (χ1v) is 7.62. The Morgan fingerprint density at radius 1 is 1.53 bits per heavy atom. The van der Waals surface area contributed by atoms with E-state index < -0.39 is 0 Å². The molecule has 0 aliphatic heterocycles. The quantitative estimate of drug-likeness (QED) is 0.744. The first kappa shape index (κ1) is 15.9. The van der Waals surface area contributed by atoms with Crippen LogP contribution in [0, 0.1) is 0 Å². The molecule has 0 aliphatic rings. The van der Waals surface area contributed by atoms with Crippen LogP contribution in [0.15, 0.2) is 18.7 Å². The van der Waals surface area contributed by atoms with Crippen molar-refractivity contribution in [3.05, 3.63) is 34.0 Å². The van der Waals surface area contributed by atoms with E-state index in [2.05, 4.69) is 20.4 Å². The van der Waals surface area contributed by atoms with Gasteiger partial charge in [0.15, 0.2) is 0 Å². The van der Waals surface area contributed by atoms with Gasteiger partial charge in [-0.25, -0.2) is 0 Å². The van der Waals surface area contributed by atoms with Gasteiger partial charge in [-0.2, -0.15) is 0 Å². The molecule has 0 saturated carbocycles. The number of aryl methyl sites for hydroxylation is 2. The third kappa shape index (κ3) is 4.18. The van der Waals surface area contributed by atoms with Crippen LogP contribution in [0.4, 0.5) is 0 Å². The molecule has 0 saturated heterocycles. The summed E-state index contributed by atoms with van der Waals surface area (Å²) in [4.78, 5) is 16.1. The Kier molecular flexibility index (Phi) is 6.81. The second-order valence-corrected chi connectivity index (χ2v) is 5.56. The lowest BCUT2D eigenvalue weighted by Gasteiger charge is -2.18. The summed E-state index contributed by atoms with van der Waals surface area (Å²) in [6.45, 7) is 8.73. The lowest BCUT2D eigenvalue weighted by molar-refractivity contribution is 0.0747. The summed E-state index contributed by atoms with van der Waals surface area (Å²) in [5.41, 5.74) is 1.28. The van der Waals surface area contributed by atoms with Gasteiger partial charge in [-0.15, -0.1) is 17.9 Å². The van der Waals surface area contributed by atoms with Crippen molar-refractivity contribution in [1.82, 2.24) is 4.90 Å². The minimum absolute atomic E-state index is 0.00370. The van der Waals surface area contributed by atoms with Gasteiger partial charge in [-0.3, -0.25) is 4.79 Å². The molecule has 1 aromatic rings. The summed E-state index contributed by atoms with van der Waals surface area (Å²) in [6, 6.07) is 2.01. The van der Waals surface area contributed by atoms with Gasteiger partial charge < -0.3 is 10.0 Å². The van der Waals surface area contributed by atoms with Gasteiger partial charge in [0.05, 0.1) is 11.5 Å². The van der Waals surface area contributed by atoms with Crippen molar-refractivity contribution in [2.24, 2.45) is 0 Å². The third-order valence-electron chi connectivity index (χ3n) is 2.97. The second-order valence-electron chi connectivity index (χ2n) is 4.43. The number of carbonyl (C=O) groups is 1. The number of hydrogen-bond acceptors (Lipinski definition) is 3. The maximum atomic E-state index is 12.4. The number of aliphatic hydroxyl groups is 1. The van der Waals surface area contributed by atoms with Crippen molar-refractivity contribution in [3.63, 3.8) is 0 Å². The van der Waals surface area contributed by atoms with Crippen molar-refractivity contribution in [3.8, 4) is 0 Å². The van der Waals surface area contributed by atoms with E-state index in [1.807, 2.05) is 6.07 Å². The second kappa shape index (κ2) is 8.12. The molecule has 1 rings (SSSR count). The molecule has 1 heterocycles. The molecule has 106 valence electrons. The zero-order valence-electron chi connectivity index (χ0n) is 11.8. The van der Waals surface area contributed by atoms with E-state index in [-0.39, 0.29) is 12.5 Å². The fraction of sp³-hybridized carbons (Fsp3) is 0.533. The van der Waals surface area contributed by atoms with Crippen molar-refractivity contribution in [2.45, 2.75) is 33.1 Å².